The van der Waals surface area contributed by atoms with Crippen LogP contribution in [0.25, 0.3) is 0 Å². The molecule has 1 N–H and O–H groups in total. The van der Waals surface area contributed by atoms with Crippen molar-refractivity contribution in [3.8, 4) is 5.75 Å². The highest BCUT2D eigenvalue weighted by atomic mass is 35.5. The van der Waals surface area contributed by atoms with Crippen molar-refractivity contribution in [1.29, 1.82) is 0 Å². The van der Waals surface area contributed by atoms with Gasteiger partial charge in [0.05, 0.1) is 5.56 Å². The van der Waals surface area contributed by atoms with Crippen LogP contribution < -0.4 is 0 Å². The monoisotopic (exact) mass is 303 g/mol. The van der Waals surface area contributed by atoms with Crippen LogP contribution >= 0.6 is 11.6 Å². The predicted molar refractivity (Wildman–Crippen MR) is 84.7 cm³/mol. The van der Waals surface area contributed by atoms with Crippen LogP contribution in [0.4, 0.5) is 0 Å². The zero-order valence-electron chi connectivity index (χ0n) is 11.9. The largest absolute Gasteiger partial charge is 0.507 e. The first-order valence-electron chi connectivity index (χ1n) is 6.80. The molecule has 4 heteroatoms. The maximum absolute atomic E-state index is 12.6. The van der Waals surface area contributed by atoms with Gasteiger partial charge in [0, 0.05) is 19.0 Å². The Morgan fingerprint density at radius 1 is 1.19 bits per heavy atom. The van der Waals surface area contributed by atoms with Crippen molar-refractivity contribution in [3.63, 3.8) is 0 Å². The van der Waals surface area contributed by atoms with Gasteiger partial charge in [-0.15, -0.1) is 11.6 Å². The average molecular weight is 304 g/mol. The zero-order valence-corrected chi connectivity index (χ0v) is 12.7. The molecule has 0 spiro atoms. The van der Waals surface area contributed by atoms with E-state index in [1.807, 2.05) is 37.3 Å². The quantitative estimate of drug-likeness (QED) is 0.858. The summed E-state index contributed by atoms with van der Waals surface area (Å²) in [5.74, 6) is 0.143. The molecule has 2 aromatic rings. The topological polar surface area (TPSA) is 40.5 Å². The minimum atomic E-state index is -0.208. The molecule has 2 aromatic carbocycles. The normalized spacial score (nSPS) is 10.4. The van der Waals surface area contributed by atoms with Crippen LogP contribution in [0.3, 0.4) is 0 Å². The van der Waals surface area contributed by atoms with Crippen molar-refractivity contribution in [2.45, 2.75) is 13.5 Å². The van der Waals surface area contributed by atoms with Crippen molar-refractivity contribution >= 4 is 17.5 Å². The average Bonchev–Trinajstić information content (AvgIpc) is 2.49. The molecule has 0 aliphatic rings. The maximum atomic E-state index is 12.6. The van der Waals surface area contributed by atoms with Gasteiger partial charge < -0.3 is 10.0 Å². The molecule has 1 amide bonds. The third kappa shape index (κ3) is 3.99. The van der Waals surface area contributed by atoms with Crippen LogP contribution in [0.2, 0.25) is 0 Å². The van der Waals surface area contributed by atoms with E-state index in [9.17, 15) is 9.90 Å². The van der Waals surface area contributed by atoms with Gasteiger partial charge in [-0.1, -0.05) is 42.0 Å². The molecule has 0 fully saturated rings. The third-order valence-electron chi connectivity index (χ3n) is 3.24. The predicted octanol–water partition coefficient (Wildman–Crippen LogP) is 3.58. The van der Waals surface area contributed by atoms with E-state index in [-0.39, 0.29) is 11.7 Å². The SMILES string of the molecule is Cc1ccc(O)c(C(=O)N(CCCl)Cc2ccccc2)c1. The van der Waals surface area contributed by atoms with Crippen LogP contribution in [0.1, 0.15) is 21.5 Å². The Kier molecular flexibility index (Phi) is 5.23. The number of phenolic OH excluding ortho intramolecular Hbond substituents is 1. The number of hydrogen-bond acceptors (Lipinski definition) is 2. The van der Waals surface area contributed by atoms with Crippen LogP contribution in [-0.2, 0) is 6.54 Å². The van der Waals surface area contributed by atoms with Crippen LogP contribution in [0.15, 0.2) is 48.5 Å². The van der Waals surface area contributed by atoms with Crippen LogP contribution in [-0.4, -0.2) is 28.3 Å². The van der Waals surface area contributed by atoms with Crippen LogP contribution in [0.5, 0.6) is 5.75 Å². The molecule has 2 rings (SSSR count). The minimum absolute atomic E-state index is 0.00164. The molecule has 0 aliphatic heterocycles. The van der Waals surface area contributed by atoms with Gasteiger partial charge in [-0.2, -0.15) is 0 Å². The number of benzene rings is 2. The fourth-order valence-electron chi connectivity index (χ4n) is 2.15. The van der Waals surface area contributed by atoms with E-state index in [1.54, 1.807) is 23.1 Å². The van der Waals surface area contributed by atoms with E-state index in [1.165, 1.54) is 0 Å². The highest BCUT2D eigenvalue weighted by Gasteiger charge is 2.19. The second-order valence-corrected chi connectivity index (χ2v) is 5.30. The Morgan fingerprint density at radius 2 is 1.90 bits per heavy atom. The van der Waals surface area contributed by atoms with Crippen molar-refractivity contribution in [2.75, 3.05) is 12.4 Å². The Balaban J connectivity index is 2.25. The number of carbonyl (C=O) groups is 1. The highest BCUT2D eigenvalue weighted by Crippen LogP contribution is 2.21. The fraction of sp³-hybridized carbons (Fsp3) is 0.235. The zero-order chi connectivity index (χ0) is 15.2. The fourth-order valence-corrected chi connectivity index (χ4v) is 2.35. The lowest BCUT2D eigenvalue weighted by atomic mass is 10.1. The molecule has 0 radical (unpaired) electrons. The molecule has 0 saturated heterocycles. The van der Waals surface area contributed by atoms with Crippen molar-refractivity contribution in [3.05, 3.63) is 65.2 Å². The smallest absolute Gasteiger partial charge is 0.257 e. The third-order valence-corrected chi connectivity index (χ3v) is 3.41. The lowest BCUT2D eigenvalue weighted by Gasteiger charge is -2.22. The summed E-state index contributed by atoms with van der Waals surface area (Å²) < 4.78 is 0. The van der Waals surface area contributed by atoms with E-state index in [0.29, 0.717) is 24.5 Å². The van der Waals surface area contributed by atoms with E-state index < -0.39 is 0 Å². The molecular formula is C17H18ClNO2. The van der Waals surface area contributed by atoms with E-state index in [2.05, 4.69) is 0 Å². The molecule has 3 nitrogen and oxygen atoms in total. The Labute approximate surface area is 129 Å². The second kappa shape index (κ2) is 7.14. The first-order chi connectivity index (χ1) is 10.1. The van der Waals surface area contributed by atoms with Gasteiger partial charge in [-0.3, -0.25) is 4.79 Å². The summed E-state index contributed by atoms with van der Waals surface area (Å²) in [5.41, 5.74) is 2.28. The summed E-state index contributed by atoms with van der Waals surface area (Å²) in [5, 5.41) is 9.91. The summed E-state index contributed by atoms with van der Waals surface area (Å²) >= 11 is 5.81. The minimum Gasteiger partial charge on any atom is -0.507 e. The first kappa shape index (κ1) is 15.4. The lowest BCUT2D eigenvalue weighted by molar-refractivity contribution is 0.0750. The number of hydrogen-bond donors (Lipinski definition) is 1. The molecule has 110 valence electrons. The number of aryl methyl sites for hydroxylation is 1. The van der Waals surface area contributed by atoms with E-state index >= 15 is 0 Å². The molecular weight excluding hydrogens is 286 g/mol. The number of amides is 1. The summed E-state index contributed by atoms with van der Waals surface area (Å²) in [6.07, 6.45) is 0. The van der Waals surface area contributed by atoms with Gasteiger partial charge in [0.1, 0.15) is 5.75 Å². The highest BCUT2D eigenvalue weighted by molar-refractivity contribution is 6.18. The Morgan fingerprint density at radius 3 is 2.57 bits per heavy atom. The number of aromatic hydroxyl groups is 1. The van der Waals surface area contributed by atoms with Crippen molar-refractivity contribution in [2.24, 2.45) is 0 Å². The van der Waals surface area contributed by atoms with Crippen molar-refractivity contribution in [1.82, 2.24) is 4.90 Å². The number of phenols is 1. The number of alkyl halides is 1. The van der Waals surface area contributed by atoms with Gasteiger partial charge in [-0.25, -0.2) is 0 Å². The molecule has 0 unspecified atom stereocenters. The van der Waals surface area contributed by atoms with E-state index in [4.69, 9.17) is 11.6 Å². The summed E-state index contributed by atoms with van der Waals surface area (Å²) in [4.78, 5) is 14.3. The second-order valence-electron chi connectivity index (χ2n) is 4.92. The number of carbonyl (C=O) groups excluding carboxylic acids is 1. The summed E-state index contributed by atoms with van der Waals surface area (Å²) in [6.45, 7) is 2.79. The molecule has 0 aromatic heterocycles. The maximum Gasteiger partial charge on any atom is 0.257 e. The molecule has 0 aliphatic carbocycles. The van der Waals surface area contributed by atoms with Gasteiger partial charge in [-0.05, 0) is 24.6 Å². The van der Waals surface area contributed by atoms with Crippen molar-refractivity contribution < 1.29 is 9.90 Å². The van der Waals surface area contributed by atoms with Gasteiger partial charge in [0.15, 0.2) is 0 Å². The Hall–Kier alpha value is -2.00. The molecule has 0 atom stereocenters. The lowest BCUT2D eigenvalue weighted by Crippen LogP contribution is -2.32. The van der Waals surface area contributed by atoms with E-state index in [0.717, 1.165) is 11.1 Å². The molecule has 0 bridgehead atoms. The van der Waals surface area contributed by atoms with Gasteiger partial charge in [0.2, 0.25) is 0 Å². The molecule has 0 heterocycles. The molecule has 0 saturated carbocycles. The van der Waals surface area contributed by atoms with Gasteiger partial charge >= 0.3 is 0 Å². The summed E-state index contributed by atoms with van der Waals surface area (Å²) in [7, 11) is 0. The number of halogens is 1. The number of rotatable bonds is 5. The number of nitrogens with zero attached hydrogens (tertiary/aromatic N) is 1. The summed E-state index contributed by atoms with van der Waals surface area (Å²) in [6, 6.07) is 14.7. The Bertz CT molecular complexity index is 613. The van der Waals surface area contributed by atoms with Gasteiger partial charge in [0.25, 0.3) is 5.91 Å². The van der Waals surface area contributed by atoms with Crippen LogP contribution in [0, 0.1) is 6.92 Å². The first-order valence-corrected chi connectivity index (χ1v) is 7.34. The molecule has 21 heavy (non-hydrogen) atoms. The standard InChI is InChI=1S/C17H18ClNO2/c1-13-7-8-16(20)15(11-13)17(21)19(10-9-18)12-14-5-3-2-4-6-14/h2-8,11,20H,9-10,12H2,1H3.